The van der Waals surface area contributed by atoms with Gasteiger partial charge >= 0.3 is 59.0 Å². The Hall–Kier alpha value is 1.55. The fourth-order valence-corrected chi connectivity index (χ4v) is 0. The van der Waals surface area contributed by atoms with E-state index in [1.54, 1.807) is 0 Å². The van der Waals surface area contributed by atoms with Gasteiger partial charge in [0, 0.05) is 16.8 Å². The first-order chi connectivity index (χ1) is 2.00. The van der Waals surface area contributed by atoms with E-state index in [1.807, 2.05) is 0 Å². The van der Waals surface area contributed by atoms with Crippen molar-refractivity contribution in [2.75, 3.05) is 0 Å². The van der Waals surface area contributed by atoms with Crippen molar-refractivity contribution in [2.45, 2.75) is 0 Å². The quantitative estimate of drug-likeness (QED) is 0.447. The Balaban J connectivity index is -0.0000000800. The van der Waals surface area contributed by atoms with E-state index < -0.39 is 13.4 Å². The van der Waals surface area contributed by atoms with Crippen LogP contribution in [0, 0.1) is 0 Å². The second kappa shape index (κ2) is 5.68. The van der Waals surface area contributed by atoms with Crippen LogP contribution in [0.2, 0.25) is 0 Å². The van der Waals surface area contributed by atoms with Gasteiger partial charge in [-0.2, -0.15) is 0 Å². The van der Waals surface area contributed by atoms with Gasteiger partial charge in [-0.15, -0.1) is 0 Å². The maximum absolute atomic E-state index is 8.80. The molecule has 0 unspecified atom stereocenters. The SMILES string of the molecule is [Co].[NaH].[O]=[Mn](=[O])([OH])[OH]. The molecular weight excluding hydrogens is 201 g/mol. The zero-order valence-corrected chi connectivity index (χ0v) is 4.64. The van der Waals surface area contributed by atoms with Crippen molar-refractivity contribution in [2.24, 2.45) is 0 Å². The van der Waals surface area contributed by atoms with E-state index in [0.717, 1.165) is 0 Å². The van der Waals surface area contributed by atoms with E-state index in [1.165, 1.54) is 0 Å². The van der Waals surface area contributed by atoms with Gasteiger partial charge in [-0.1, -0.05) is 0 Å². The first-order valence-electron chi connectivity index (χ1n) is 0.647. The second-order valence-corrected chi connectivity index (χ2v) is 1.71. The van der Waals surface area contributed by atoms with Gasteiger partial charge in [-0.05, 0) is 0 Å². The number of hydrogen-bond acceptors (Lipinski definition) is 2. The predicted octanol–water partition coefficient (Wildman–Crippen LogP) is -2.01. The molecule has 0 aromatic heterocycles. The third kappa shape index (κ3) is 97.1. The standard InChI is InChI=1S/Co.Mn.Na.2H2O.2O.H/h;;;2*1H2;;;/q;+2;;;;;;/p-2. The van der Waals surface area contributed by atoms with Crippen molar-refractivity contribution in [1.82, 2.24) is 0 Å². The van der Waals surface area contributed by atoms with Crippen LogP contribution in [-0.4, -0.2) is 37.9 Å². The first kappa shape index (κ1) is 15.8. The van der Waals surface area contributed by atoms with Crippen molar-refractivity contribution in [1.29, 1.82) is 0 Å². The van der Waals surface area contributed by atoms with E-state index in [-0.39, 0.29) is 46.3 Å². The van der Waals surface area contributed by atoms with E-state index in [2.05, 4.69) is 0 Å². The first-order valence-corrected chi connectivity index (χ1v) is 2.67. The Morgan fingerprint density at radius 3 is 1.14 bits per heavy atom. The molecule has 0 saturated heterocycles. The van der Waals surface area contributed by atoms with Crippen LogP contribution in [0.5, 0.6) is 0 Å². The molecule has 7 heavy (non-hydrogen) atoms. The fraction of sp³-hybridized carbons (Fsp3) is 0. The van der Waals surface area contributed by atoms with Gasteiger partial charge in [-0.3, -0.25) is 0 Å². The predicted molar refractivity (Wildman–Crippen MR) is 13.0 cm³/mol. The van der Waals surface area contributed by atoms with Crippen LogP contribution in [0.25, 0.3) is 0 Å². The Labute approximate surface area is 75.1 Å². The molecule has 0 aliphatic heterocycles. The molecule has 0 saturated carbocycles. The summed E-state index contributed by atoms with van der Waals surface area (Å²) in [6.07, 6.45) is 0. The Morgan fingerprint density at radius 1 is 1.14 bits per heavy atom. The summed E-state index contributed by atoms with van der Waals surface area (Å²) in [5.41, 5.74) is 0. The number of rotatable bonds is 0. The monoisotopic (exact) mass is 204 g/mol. The van der Waals surface area contributed by atoms with Crippen LogP contribution in [0.3, 0.4) is 0 Å². The van der Waals surface area contributed by atoms with Crippen molar-refractivity contribution < 1.29 is 46.2 Å². The van der Waals surface area contributed by atoms with E-state index in [4.69, 9.17) is 16.0 Å². The molecule has 0 aliphatic carbocycles. The summed E-state index contributed by atoms with van der Waals surface area (Å²) in [6.45, 7) is 0. The maximum atomic E-state index is 8.80. The van der Waals surface area contributed by atoms with Crippen LogP contribution in [0.4, 0.5) is 0 Å². The molecule has 0 aliphatic rings. The Bertz CT molecular complexity index is 94.9. The van der Waals surface area contributed by atoms with Gasteiger partial charge in [-0.25, -0.2) is 0 Å². The van der Waals surface area contributed by atoms with Crippen molar-refractivity contribution in [3.63, 3.8) is 0 Å². The normalized spacial score (nSPS) is 8.29. The number of hydrogen-bond donors (Lipinski definition) is 2. The summed E-state index contributed by atoms with van der Waals surface area (Å²) in [4.78, 5) is 0. The third-order valence-electron chi connectivity index (χ3n) is 0. The van der Waals surface area contributed by atoms with Crippen LogP contribution < -0.4 is 0 Å². The van der Waals surface area contributed by atoms with Crippen LogP contribution in [0.15, 0.2) is 0 Å². The molecule has 0 aromatic rings. The van der Waals surface area contributed by atoms with E-state index >= 15 is 0 Å². The molecule has 2 N–H and O–H groups in total. The summed E-state index contributed by atoms with van der Waals surface area (Å²) in [7, 11) is 0. The fourth-order valence-electron chi connectivity index (χ4n) is 0. The zero-order chi connectivity index (χ0) is 4.50. The summed E-state index contributed by atoms with van der Waals surface area (Å²) in [6, 6.07) is 0. The molecule has 0 atom stereocenters. The average molecular weight is 204 g/mol. The van der Waals surface area contributed by atoms with Gasteiger partial charge < -0.3 is 0 Å². The molecule has 0 bridgehead atoms. The van der Waals surface area contributed by atoms with Crippen LogP contribution >= 0.6 is 0 Å². The third-order valence-corrected chi connectivity index (χ3v) is 0. The molecular formula is H3CoMnNaO4. The molecule has 4 nitrogen and oxygen atoms in total. The Kier molecular flexibility index (Phi) is 12.8. The Morgan fingerprint density at radius 2 is 1.14 bits per heavy atom. The molecule has 0 amide bonds. The van der Waals surface area contributed by atoms with E-state index in [0.29, 0.717) is 0 Å². The second-order valence-electron chi connectivity index (χ2n) is 0.415. The van der Waals surface area contributed by atoms with Crippen LogP contribution in [0.1, 0.15) is 0 Å². The molecule has 1 radical (unpaired) electrons. The topological polar surface area (TPSA) is 74.6 Å². The molecule has 7 heteroatoms. The summed E-state index contributed by atoms with van der Waals surface area (Å²) in [5, 5.41) is 0. The molecule has 44 valence electrons. The van der Waals surface area contributed by atoms with Gasteiger partial charge in [0.15, 0.2) is 0 Å². The molecule has 0 rings (SSSR count). The molecule has 0 aromatic carbocycles. The molecule has 0 heterocycles. The van der Waals surface area contributed by atoms with Crippen LogP contribution in [-0.2, 0) is 37.8 Å². The van der Waals surface area contributed by atoms with Crippen molar-refractivity contribution in [3.05, 3.63) is 0 Å². The zero-order valence-electron chi connectivity index (χ0n) is 2.42. The summed E-state index contributed by atoms with van der Waals surface area (Å²) in [5.74, 6) is 0. The average Bonchev–Trinajstić information content (AvgIpc) is 0.722. The van der Waals surface area contributed by atoms with Gasteiger partial charge in [0.1, 0.15) is 0 Å². The van der Waals surface area contributed by atoms with Gasteiger partial charge in [0.2, 0.25) is 0 Å². The van der Waals surface area contributed by atoms with Crippen molar-refractivity contribution in [3.8, 4) is 0 Å². The summed E-state index contributed by atoms with van der Waals surface area (Å²) < 4.78 is 31.8. The van der Waals surface area contributed by atoms with Crippen molar-refractivity contribution >= 4 is 29.6 Å². The van der Waals surface area contributed by atoms with E-state index in [9.17, 15) is 0 Å². The van der Waals surface area contributed by atoms with Gasteiger partial charge in [0.05, 0.1) is 0 Å². The van der Waals surface area contributed by atoms with Gasteiger partial charge in [0.25, 0.3) is 0 Å². The minimum atomic E-state index is -5.12. The molecule has 0 spiro atoms. The minimum absolute atomic E-state index is 0. The molecule has 0 fully saturated rings. The summed E-state index contributed by atoms with van der Waals surface area (Å²) >= 11 is -5.12.